The molecular weight excluding hydrogens is 256 g/mol. The van der Waals surface area contributed by atoms with Crippen LogP contribution in [0.3, 0.4) is 0 Å². The highest BCUT2D eigenvalue weighted by Gasteiger charge is 2.26. The van der Waals surface area contributed by atoms with E-state index < -0.39 is 0 Å². The average molecular weight is 281 g/mol. The number of hydrogen-bond acceptors (Lipinski definition) is 2. The van der Waals surface area contributed by atoms with Crippen LogP contribution in [0.1, 0.15) is 39.2 Å². The van der Waals surface area contributed by atoms with Crippen LogP contribution in [0.4, 0.5) is 5.69 Å². The molecule has 0 amide bonds. The smallest absolute Gasteiger partial charge is 0.0642 e. The van der Waals surface area contributed by atoms with Crippen LogP contribution in [-0.4, -0.2) is 19.6 Å². The first-order valence-corrected chi connectivity index (χ1v) is 7.64. The Morgan fingerprint density at radius 3 is 2.53 bits per heavy atom. The number of nitrogens with zero attached hydrogens (tertiary/aromatic N) is 1. The topological polar surface area (TPSA) is 15.3 Å². The van der Waals surface area contributed by atoms with E-state index in [4.69, 9.17) is 11.6 Å². The van der Waals surface area contributed by atoms with Gasteiger partial charge in [0.25, 0.3) is 0 Å². The lowest BCUT2D eigenvalue weighted by atomic mass is 9.82. The molecule has 1 aliphatic rings. The summed E-state index contributed by atoms with van der Waals surface area (Å²) in [4.78, 5) is 2.42. The summed E-state index contributed by atoms with van der Waals surface area (Å²) in [6.45, 7) is 10.9. The first-order chi connectivity index (χ1) is 9.02. The van der Waals surface area contributed by atoms with Gasteiger partial charge in [-0.05, 0) is 42.5 Å². The summed E-state index contributed by atoms with van der Waals surface area (Å²) in [5.41, 5.74) is 2.93. The van der Waals surface area contributed by atoms with Gasteiger partial charge in [0.1, 0.15) is 0 Å². The Bertz CT molecular complexity index is 419. The van der Waals surface area contributed by atoms with Crippen molar-refractivity contribution in [2.24, 2.45) is 5.41 Å². The van der Waals surface area contributed by atoms with Crippen molar-refractivity contribution in [3.63, 3.8) is 0 Å². The van der Waals surface area contributed by atoms with Gasteiger partial charge < -0.3 is 10.2 Å². The van der Waals surface area contributed by atoms with E-state index in [0.29, 0.717) is 5.41 Å². The third-order valence-electron chi connectivity index (χ3n) is 4.05. The number of benzene rings is 1. The minimum absolute atomic E-state index is 0.480. The summed E-state index contributed by atoms with van der Waals surface area (Å²) in [6, 6.07) is 6.45. The Morgan fingerprint density at radius 2 is 1.95 bits per heavy atom. The molecule has 0 unspecified atom stereocenters. The first-order valence-electron chi connectivity index (χ1n) is 7.26. The lowest BCUT2D eigenvalue weighted by molar-refractivity contribution is 0.280. The molecule has 1 fully saturated rings. The van der Waals surface area contributed by atoms with Crippen LogP contribution >= 0.6 is 11.6 Å². The number of halogens is 1. The van der Waals surface area contributed by atoms with Crippen LogP contribution < -0.4 is 10.2 Å². The summed E-state index contributed by atoms with van der Waals surface area (Å²) in [5, 5.41) is 4.21. The van der Waals surface area contributed by atoms with Crippen molar-refractivity contribution in [2.75, 3.05) is 24.5 Å². The predicted octanol–water partition coefficient (Wildman–Crippen LogP) is 4.08. The summed E-state index contributed by atoms with van der Waals surface area (Å²) < 4.78 is 0. The third kappa shape index (κ3) is 3.87. The fourth-order valence-corrected chi connectivity index (χ4v) is 2.86. The predicted molar refractivity (Wildman–Crippen MR) is 84.1 cm³/mol. The quantitative estimate of drug-likeness (QED) is 0.894. The highest BCUT2D eigenvalue weighted by atomic mass is 35.5. The summed E-state index contributed by atoms with van der Waals surface area (Å²) in [6.07, 6.45) is 2.48. The molecule has 0 spiro atoms. The molecule has 0 aromatic heterocycles. The van der Waals surface area contributed by atoms with E-state index in [1.54, 1.807) is 0 Å². The molecule has 0 bridgehead atoms. The largest absolute Gasteiger partial charge is 0.370 e. The number of anilines is 1. The van der Waals surface area contributed by atoms with Crippen LogP contribution in [0.2, 0.25) is 5.02 Å². The zero-order valence-corrected chi connectivity index (χ0v) is 13.1. The molecule has 2 rings (SSSR count). The Hall–Kier alpha value is -0.730. The normalized spacial score (nSPS) is 18.6. The molecular formula is C16H25ClN2. The van der Waals surface area contributed by atoms with Crippen molar-refractivity contribution in [1.82, 2.24) is 5.32 Å². The number of nitrogens with one attached hydrogen (secondary N) is 1. The molecule has 0 saturated carbocycles. The molecule has 0 atom stereocenters. The molecule has 19 heavy (non-hydrogen) atoms. The molecule has 1 heterocycles. The van der Waals surface area contributed by atoms with E-state index in [-0.39, 0.29) is 0 Å². The van der Waals surface area contributed by atoms with Crippen molar-refractivity contribution in [3.8, 4) is 0 Å². The van der Waals surface area contributed by atoms with Crippen molar-refractivity contribution in [1.29, 1.82) is 0 Å². The van der Waals surface area contributed by atoms with Gasteiger partial charge in [-0.25, -0.2) is 0 Å². The molecule has 1 aliphatic heterocycles. The molecule has 0 radical (unpaired) electrons. The Labute approximate surface area is 122 Å². The van der Waals surface area contributed by atoms with E-state index in [1.807, 2.05) is 0 Å². The highest BCUT2D eigenvalue weighted by Crippen LogP contribution is 2.35. The summed E-state index contributed by atoms with van der Waals surface area (Å²) in [5.74, 6) is 0. The maximum Gasteiger partial charge on any atom is 0.0642 e. The first kappa shape index (κ1) is 14.7. The number of piperidine rings is 1. The molecule has 1 aromatic carbocycles. The van der Waals surface area contributed by atoms with E-state index in [9.17, 15) is 0 Å². The minimum Gasteiger partial charge on any atom is -0.370 e. The van der Waals surface area contributed by atoms with Gasteiger partial charge in [-0.1, -0.05) is 38.4 Å². The maximum absolute atomic E-state index is 6.44. The maximum atomic E-state index is 6.44. The van der Waals surface area contributed by atoms with Crippen molar-refractivity contribution >= 4 is 17.3 Å². The van der Waals surface area contributed by atoms with Crippen LogP contribution in [-0.2, 0) is 6.54 Å². The minimum atomic E-state index is 0.480. The van der Waals surface area contributed by atoms with E-state index in [1.165, 1.54) is 24.1 Å². The fraction of sp³-hybridized carbons (Fsp3) is 0.625. The Balaban J connectivity index is 2.05. The highest BCUT2D eigenvalue weighted by molar-refractivity contribution is 6.33. The van der Waals surface area contributed by atoms with E-state index >= 15 is 0 Å². The standard InChI is InChI=1S/C16H25ClN2/c1-4-18-12-13-5-6-15(14(17)11-13)19-9-7-16(2,3)8-10-19/h5-6,11,18H,4,7-10,12H2,1-3H3. The second-order valence-electron chi connectivity index (χ2n) is 6.22. The Morgan fingerprint density at radius 1 is 1.26 bits per heavy atom. The summed E-state index contributed by atoms with van der Waals surface area (Å²) >= 11 is 6.44. The molecule has 1 saturated heterocycles. The van der Waals surface area contributed by atoms with Crippen molar-refractivity contribution in [2.45, 2.75) is 40.2 Å². The second-order valence-corrected chi connectivity index (χ2v) is 6.62. The lowest BCUT2D eigenvalue weighted by Crippen LogP contribution is -2.37. The monoisotopic (exact) mass is 280 g/mol. The van der Waals surface area contributed by atoms with Crippen LogP contribution in [0, 0.1) is 5.41 Å². The van der Waals surface area contributed by atoms with Crippen molar-refractivity contribution < 1.29 is 0 Å². The SMILES string of the molecule is CCNCc1ccc(N2CCC(C)(C)CC2)c(Cl)c1. The number of hydrogen-bond donors (Lipinski definition) is 1. The molecule has 0 aliphatic carbocycles. The zero-order valence-electron chi connectivity index (χ0n) is 12.3. The van der Waals surface area contributed by atoms with Gasteiger partial charge in [-0.15, -0.1) is 0 Å². The Kier molecular flexibility index (Phi) is 4.75. The molecule has 2 nitrogen and oxygen atoms in total. The van der Waals surface area contributed by atoms with Crippen LogP contribution in [0.15, 0.2) is 18.2 Å². The molecule has 1 aromatic rings. The molecule has 106 valence electrons. The van der Waals surface area contributed by atoms with Crippen LogP contribution in [0.25, 0.3) is 0 Å². The van der Waals surface area contributed by atoms with Gasteiger partial charge in [0.15, 0.2) is 0 Å². The van der Waals surface area contributed by atoms with Crippen molar-refractivity contribution in [3.05, 3.63) is 28.8 Å². The third-order valence-corrected chi connectivity index (χ3v) is 4.35. The average Bonchev–Trinajstić information content (AvgIpc) is 2.37. The lowest BCUT2D eigenvalue weighted by Gasteiger charge is -2.38. The van der Waals surface area contributed by atoms with E-state index in [2.05, 4.69) is 49.2 Å². The second kappa shape index (κ2) is 6.15. The van der Waals surface area contributed by atoms with E-state index in [0.717, 1.165) is 31.2 Å². The van der Waals surface area contributed by atoms with Gasteiger partial charge in [0, 0.05) is 19.6 Å². The van der Waals surface area contributed by atoms with Gasteiger partial charge in [-0.3, -0.25) is 0 Å². The van der Waals surface area contributed by atoms with Gasteiger partial charge in [-0.2, -0.15) is 0 Å². The van der Waals surface area contributed by atoms with Gasteiger partial charge in [0.2, 0.25) is 0 Å². The van der Waals surface area contributed by atoms with Gasteiger partial charge in [0.05, 0.1) is 10.7 Å². The summed E-state index contributed by atoms with van der Waals surface area (Å²) in [7, 11) is 0. The fourth-order valence-electron chi connectivity index (χ4n) is 2.54. The zero-order chi connectivity index (χ0) is 13.9. The molecule has 1 N–H and O–H groups in total. The van der Waals surface area contributed by atoms with Gasteiger partial charge >= 0.3 is 0 Å². The molecule has 3 heteroatoms. The number of rotatable bonds is 4. The van der Waals surface area contributed by atoms with Crippen LogP contribution in [0.5, 0.6) is 0 Å².